The second-order valence-corrected chi connectivity index (χ2v) is 9.28. The van der Waals surface area contributed by atoms with Crippen LogP contribution < -0.4 is 4.74 Å². The van der Waals surface area contributed by atoms with Crippen molar-refractivity contribution >= 4 is 40.3 Å². The number of thioether (sulfide) groups is 1. The van der Waals surface area contributed by atoms with Gasteiger partial charge in [0.05, 0.1) is 17.2 Å². The molecule has 0 spiro atoms. The molecule has 1 aliphatic rings. The molecule has 8 heteroatoms. The molecule has 1 aromatic heterocycles. The summed E-state index contributed by atoms with van der Waals surface area (Å²) in [6.45, 7) is 6.19. The predicted octanol–water partition coefficient (Wildman–Crippen LogP) is 6.08. The number of para-hydroxylation sites is 1. The summed E-state index contributed by atoms with van der Waals surface area (Å²) in [5, 5.41) is 4.72. The smallest absolute Gasteiger partial charge is 0.266 e. The van der Waals surface area contributed by atoms with E-state index in [0.717, 1.165) is 12.1 Å². The molecule has 0 N–H and O–H groups in total. The molecule has 2 heterocycles. The standard InChI is InChI=1S/C25H24FN3O2S2/c1-4-16(3)29-24(30)22(33-25(29)32)14-18-15-28(19-9-7-6-8-10-19)27-23(18)17-11-12-21(31-5-2)20(26)13-17/h6-16H,4-5H2,1-3H3/b22-14-/t16-/m1/s1. The first-order chi connectivity index (χ1) is 15.9. The maximum absolute atomic E-state index is 14.6. The van der Waals surface area contributed by atoms with Crippen LogP contribution in [0.5, 0.6) is 5.75 Å². The van der Waals surface area contributed by atoms with Crippen LogP contribution in [0.4, 0.5) is 4.39 Å². The molecule has 0 radical (unpaired) electrons. The Bertz CT molecular complexity index is 1220. The van der Waals surface area contributed by atoms with Crippen molar-refractivity contribution in [1.82, 2.24) is 14.7 Å². The first-order valence-electron chi connectivity index (χ1n) is 10.8. The van der Waals surface area contributed by atoms with E-state index in [-0.39, 0.29) is 17.7 Å². The van der Waals surface area contributed by atoms with Crippen LogP contribution in [0.3, 0.4) is 0 Å². The number of carbonyl (C=O) groups is 1. The van der Waals surface area contributed by atoms with Crippen molar-refractivity contribution in [3.05, 3.63) is 71.0 Å². The van der Waals surface area contributed by atoms with Gasteiger partial charge in [-0.2, -0.15) is 5.10 Å². The van der Waals surface area contributed by atoms with Gasteiger partial charge in [0.2, 0.25) is 0 Å². The Kier molecular flexibility index (Phi) is 6.95. The fraction of sp³-hybridized carbons (Fsp3) is 0.240. The van der Waals surface area contributed by atoms with Crippen LogP contribution >= 0.6 is 24.0 Å². The third kappa shape index (κ3) is 4.72. The number of amides is 1. The summed E-state index contributed by atoms with van der Waals surface area (Å²) in [6, 6.07) is 14.4. The van der Waals surface area contributed by atoms with Gasteiger partial charge in [-0.25, -0.2) is 9.07 Å². The normalized spacial score (nSPS) is 16.0. The molecule has 1 amide bonds. The lowest BCUT2D eigenvalue weighted by Crippen LogP contribution is -2.36. The molecule has 4 rings (SSSR count). The van der Waals surface area contributed by atoms with Crippen LogP contribution in [0.15, 0.2) is 59.6 Å². The minimum atomic E-state index is -0.461. The third-order valence-electron chi connectivity index (χ3n) is 5.41. The Balaban J connectivity index is 1.80. The van der Waals surface area contributed by atoms with Gasteiger partial charge in [-0.05, 0) is 56.7 Å². The number of benzene rings is 2. The number of rotatable bonds is 7. The molecule has 5 nitrogen and oxygen atoms in total. The van der Waals surface area contributed by atoms with E-state index in [1.165, 1.54) is 17.8 Å². The molecule has 3 aromatic rings. The average Bonchev–Trinajstić information content (AvgIpc) is 3.36. The SMILES string of the molecule is CCOc1ccc(-c2nn(-c3ccccc3)cc2/C=C2\SC(=S)N([C@H](C)CC)C2=O)cc1F. The number of aromatic nitrogens is 2. The molecular formula is C25H24FN3O2S2. The summed E-state index contributed by atoms with van der Waals surface area (Å²) in [4.78, 5) is 15.2. The first kappa shape index (κ1) is 23.2. The molecule has 1 aliphatic heterocycles. The van der Waals surface area contributed by atoms with Gasteiger partial charge in [0, 0.05) is 23.4 Å². The molecule has 0 bridgehead atoms. The summed E-state index contributed by atoms with van der Waals surface area (Å²) in [5.74, 6) is -0.381. The summed E-state index contributed by atoms with van der Waals surface area (Å²) >= 11 is 6.74. The number of nitrogens with zero attached hydrogens (tertiary/aromatic N) is 3. The Hall–Kier alpha value is -2.97. The van der Waals surface area contributed by atoms with Gasteiger partial charge in [-0.1, -0.05) is 49.1 Å². The van der Waals surface area contributed by atoms with Crippen LogP contribution in [-0.4, -0.2) is 37.6 Å². The Labute approximate surface area is 202 Å². The second-order valence-electron chi connectivity index (χ2n) is 7.60. The van der Waals surface area contributed by atoms with Gasteiger partial charge in [0.1, 0.15) is 10.0 Å². The zero-order chi connectivity index (χ0) is 23.5. The molecule has 0 unspecified atom stereocenters. The van der Waals surface area contributed by atoms with E-state index in [1.54, 1.807) is 27.8 Å². The van der Waals surface area contributed by atoms with Gasteiger partial charge in [-0.15, -0.1) is 0 Å². The van der Waals surface area contributed by atoms with Crippen molar-refractivity contribution < 1.29 is 13.9 Å². The fourth-order valence-corrected chi connectivity index (χ4v) is 4.99. The number of hydrogen-bond donors (Lipinski definition) is 0. The van der Waals surface area contributed by atoms with E-state index in [9.17, 15) is 9.18 Å². The topological polar surface area (TPSA) is 47.4 Å². The van der Waals surface area contributed by atoms with Gasteiger partial charge in [0.15, 0.2) is 11.6 Å². The minimum Gasteiger partial charge on any atom is -0.491 e. The summed E-state index contributed by atoms with van der Waals surface area (Å²) in [5.41, 5.74) is 2.72. The summed E-state index contributed by atoms with van der Waals surface area (Å²) in [7, 11) is 0. The monoisotopic (exact) mass is 481 g/mol. The van der Waals surface area contributed by atoms with E-state index in [1.807, 2.05) is 57.3 Å². The number of halogens is 1. The van der Waals surface area contributed by atoms with Crippen molar-refractivity contribution in [3.63, 3.8) is 0 Å². The van der Waals surface area contributed by atoms with Gasteiger partial charge in [0.25, 0.3) is 5.91 Å². The molecule has 1 fully saturated rings. The lowest BCUT2D eigenvalue weighted by molar-refractivity contribution is -0.123. The zero-order valence-electron chi connectivity index (χ0n) is 18.6. The molecule has 170 valence electrons. The molecule has 1 atom stereocenters. The number of hydrogen-bond acceptors (Lipinski definition) is 5. The second kappa shape index (κ2) is 9.89. The van der Waals surface area contributed by atoms with Crippen molar-refractivity contribution in [2.45, 2.75) is 33.2 Å². The molecule has 1 saturated heterocycles. The van der Waals surface area contributed by atoms with E-state index < -0.39 is 5.82 Å². The lowest BCUT2D eigenvalue weighted by Gasteiger charge is -2.21. The molecule has 0 saturated carbocycles. The van der Waals surface area contributed by atoms with Crippen LogP contribution in [0.25, 0.3) is 23.0 Å². The Morgan fingerprint density at radius 3 is 2.64 bits per heavy atom. The lowest BCUT2D eigenvalue weighted by atomic mass is 10.1. The number of carbonyl (C=O) groups excluding carboxylic acids is 1. The highest BCUT2D eigenvalue weighted by Gasteiger charge is 2.35. The van der Waals surface area contributed by atoms with Crippen LogP contribution in [0.2, 0.25) is 0 Å². The molecule has 33 heavy (non-hydrogen) atoms. The largest absolute Gasteiger partial charge is 0.491 e. The quantitative estimate of drug-likeness (QED) is 0.302. The number of thiocarbonyl (C=S) groups is 1. The number of ether oxygens (including phenoxy) is 1. The van der Waals surface area contributed by atoms with E-state index >= 15 is 0 Å². The van der Waals surface area contributed by atoms with Crippen molar-refractivity contribution in [3.8, 4) is 22.7 Å². The zero-order valence-corrected chi connectivity index (χ0v) is 20.3. The highest BCUT2D eigenvalue weighted by molar-refractivity contribution is 8.26. The fourth-order valence-electron chi connectivity index (χ4n) is 3.53. The van der Waals surface area contributed by atoms with Gasteiger partial charge in [-0.3, -0.25) is 9.69 Å². The van der Waals surface area contributed by atoms with E-state index in [2.05, 4.69) is 0 Å². The first-order valence-corrected chi connectivity index (χ1v) is 12.0. The molecule has 0 aliphatic carbocycles. The van der Waals surface area contributed by atoms with E-state index in [0.29, 0.717) is 32.7 Å². The molecule has 2 aromatic carbocycles. The highest BCUT2D eigenvalue weighted by atomic mass is 32.2. The average molecular weight is 482 g/mol. The molecular weight excluding hydrogens is 457 g/mol. The predicted molar refractivity (Wildman–Crippen MR) is 135 cm³/mol. The van der Waals surface area contributed by atoms with Crippen LogP contribution in [0, 0.1) is 5.82 Å². The van der Waals surface area contributed by atoms with Crippen molar-refractivity contribution in [1.29, 1.82) is 0 Å². The third-order valence-corrected chi connectivity index (χ3v) is 6.74. The van der Waals surface area contributed by atoms with Crippen molar-refractivity contribution in [2.75, 3.05) is 6.61 Å². The summed E-state index contributed by atoms with van der Waals surface area (Å²) < 4.78 is 22.2. The van der Waals surface area contributed by atoms with E-state index in [4.69, 9.17) is 22.1 Å². The van der Waals surface area contributed by atoms with Gasteiger partial charge >= 0.3 is 0 Å². The van der Waals surface area contributed by atoms with Gasteiger partial charge < -0.3 is 4.74 Å². The maximum atomic E-state index is 14.6. The Morgan fingerprint density at radius 2 is 1.97 bits per heavy atom. The van der Waals surface area contributed by atoms with Crippen LogP contribution in [0.1, 0.15) is 32.8 Å². The highest BCUT2D eigenvalue weighted by Crippen LogP contribution is 2.36. The summed E-state index contributed by atoms with van der Waals surface area (Å²) in [6.07, 6.45) is 4.44. The van der Waals surface area contributed by atoms with Crippen molar-refractivity contribution in [2.24, 2.45) is 0 Å². The minimum absolute atomic E-state index is 0.0233. The maximum Gasteiger partial charge on any atom is 0.266 e. The van der Waals surface area contributed by atoms with Crippen LogP contribution in [-0.2, 0) is 4.79 Å². The Morgan fingerprint density at radius 1 is 1.21 bits per heavy atom.